The van der Waals surface area contributed by atoms with Crippen molar-refractivity contribution in [3.63, 3.8) is 0 Å². The third-order valence-corrected chi connectivity index (χ3v) is 5.68. The van der Waals surface area contributed by atoms with Crippen molar-refractivity contribution in [3.05, 3.63) is 88.8 Å². The lowest BCUT2D eigenvalue weighted by atomic mass is 10.1. The summed E-state index contributed by atoms with van der Waals surface area (Å²) in [6, 6.07) is 17.0. The van der Waals surface area contributed by atoms with Gasteiger partial charge in [0.1, 0.15) is 28.5 Å². The molecule has 0 bridgehead atoms. The summed E-state index contributed by atoms with van der Waals surface area (Å²) >= 11 is 0. The summed E-state index contributed by atoms with van der Waals surface area (Å²) < 4.78 is 20.0. The lowest BCUT2D eigenvalue weighted by Crippen LogP contribution is -2.22. The molecule has 0 saturated carbocycles. The number of benzene rings is 2. The van der Waals surface area contributed by atoms with Gasteiger partial charge in [0.2, 0.25) is 5.89 Å². The van der Waals surface area contributed by atoms with Crippen LogP contribution in [0.3, 0.4) is 0 Å². The highest BCUT2D eigenvalue weighted by Crippen LogP contribution is 2.25. The number of hydrogen-bond donors (Lipinski definition) is 0. The second-order valence-electron chi connectivity index (χ2n) is 8.53. The summed E-state index contributed by atoms with van der Waals surface area (Å²) in [5.41, 5.74) is 3.50. The molecule has 0 saturated heterocycles. The van der Waals surface area contributed by atoms with Gasteiger partial charge in [0.05, 0.1) is 25.5 Å². The monoisotopic (exact) mass is 470 g/mol. The highest BCUT2D eigenvalue weighted by molar-refractivity contribution is 5.66. The van der Waals surface area contributed by atoms with E-state index in [4.69, 9.17) is 13.9 Å². The first-order valence-electron chi connectivity index (χ1n) is 11.4. The minimum absolute atomic E-state index is 0.107. The normalized spacial score (nSPS) is 11.3. The Morgan fingerprint density at radius 2 is 1.66 bits per heavy atom. The highest BCUT2D eigenvalue weighted by Gasteiger charge is 2.15. The number of rotatable bonds is 7. The van der Waals surface area contributed by atoms with Crippen molar-refractivity contribution in [2.45, 2.75) is 33.4 Å². The Morgan fingerprint density at radius 3 is 2.34 bits per heavy atom. The largest absolute Gasteiger partial charge is 0.497 e. The average molecular weight is 471 g/mol. The molecule has 0 unspecified atom stereocenters. The zero-order valence-electron chi connectivity index (χ0n) is 20.1. The van der Waals surface area contributed by atoms with Crippen molar-refractivity contribution < 1.29 is 13.9 Å². The van der Waals surface area contributed by atoms with Gasteiger partial charge < -0.3 is 18.5 Å². The SMILES string of the molecule is COc1ccc(-c2cc3c(=O)n(Cc4nc(-c5ccc(OC(C)C)cc5)oc4C)ccn3n2)cc1. The lowest BCUT2D eigenvalue weighted by Gasteiger charge is -2.09. The van der Waals surface area contributed by atoms with Crippen molar-refractivity contribution in [2.24, 2.45) is 0 Å². The molecule has 0 atom stereocenters. The van der Waals surface area contributed by atoms with Gasteiger partial charge in [-0.25, -0.2) is 9.50 Å². The molecule has 178 valence electrons. The number of fused-ring (bicyclic) bond motifs is 1. The number of hydrogen-bond acceptors (Lipinski definition) is 6. The topological polar surface area (TPSA) is 83.8 Å². The molecule has 0 aliphatic heterocycles. The van der Waals surface area contributed by atoms with Crippen molar-refractivity contribution in [1.29, 1.82) is 0 Å². The van der Waals surface area contributed by atoms with Crippen LogP contribution in [0.2, 0.25) is 0 Å². The fourth-order valence-corrected chi connectivity index (χ4v) is 3.86. The molecule has 8 nitrogen and oxygen atoms in total. The number of methoxy groups -OCH3 is 1. The van der Waals surface area contributed by atoms with Gasteiger partial charge in [-0.2, -0.15) is 5.10 Å². The second kappa shape index (κ2) is 9.13. The Balaban J connectivity index is 1.41. The maximum Gasteiger partial charge on any atom is 0.276 e. The van der Waals surface area contributed by atoms with Crippen molar-refractivity contribution in [1.82, 2.24) is 19.2 Å². The summed E-state index contributed by atoms with van der Waals surface area (Å²) in [5.74, 6) is 2.74. The van der Waals surface area contributed by atoms with Crippen LogP contribution >= 0.6 is 0 Å². The standard InChI is InChI=1S/C27H26N4O4/c1-17(2)34-22-11-7-20(8-12-22)26-28-24(18(3)35-26)16-30-13-14-31-25(27(30)32)15-23(29-31)19-5-9-21(33-4)10-6-19/h5-15,17H,16H2,1-4H3. The summed E-state index contributed by atoms with van der Waals surface area (Å²) in [4.78, 5) is 17.9. The molecule has 3 aromatic heterocycles. The van der Waals surface area contributed by atoms with Gasteiger partial charge in [0.15, 0.2) is 0 Å². The fourth-order valence-electron chi connectivity index (χ4n) is 3.86. The Morgan fingerprint density at radius 1 is 0.971 bits per heavy atom. The van der Waals surface area contributed by atoms with Crippen LogP contribution in [0.1, 0.15) is 25.3 Å². The van der Waals surface area contributed by atoms with Gasteiger partial charge in [-0.05, 0) is 75.4 Å². The molecular weight excluding hydrogens is 444 g/mol. The molecule has 3 heterocycles. The summed E-state index contributed by atoms with van der Waals surface area (Å²) in [7, 11) is 1.63. The van der Waals surface area contributed by atoms with Crippen molar-refractivity contribution >= 4 is 5.52 Å². The quantitative estimate of drug-likeness (QED) is 0.334. The van der Waals surface area contributed by atoms with E-state index >= 15 is 0 Å². The van der Waals surface area contributed by atoms with Crippen LogP contribution in [0, 0.1) is 6.92 Å². The molecule has 0 aliphatic rings. The predicted octanol–water partition coefficient (Wildman–Crippen LogP) is 4.97. The first kappa shape index (κ1) is 22.5. The molecule has 0 amide bonds. The van der Waals surface area contributed by atoms with E-state index < -0.39 is 0 Å². The highest BCUT2D eigenvalue weighted by atomic mass is 16.5. The van der Waals surface area contributed by atoms with E-state index in [1.807, 2.05) is 69.3 Å². The zero-order valence-corrected chi connectivity index (χ0v) is 20.1. The van der Waals surface area contributed by atoms with E-state index in [2.05, 4.69) is 10.1 Å². The minimum atomic E-state index is -0.154. The molecule has 0 N–H and O–H groups in total. The van der Waals surface area contributed by atoms with Crippen LogP contribution in [0.15, 0.2) is 76.2 Å². The molecule has 0 radical (unpaired) electrons. The van der Waals surface area contributed by atoms with Gasteiger partial charge in [0, 0.05) is 23.5 Å². The van der Waals surface area contributed by atoms with Gasteiger partial charge >= 0.3 is 0 Å². The lowest BCUT2D eigenvalue weighted by molar-refractivity contribution is 0.242. The van der Waals surface area contributed by atoms with E-state index in [0.717, 1.165) is 22.6 Å². The van der Waals surface area contributed by atoms with E-state index in [0.29, 0.717) is 35.1 Å². The molecule has 0 spiro atoms. The van der Waals surface area contributed by atoms with Crippen molar-refractivity contribution in [2.75, 3.05) is 7.11 Å². The summed E-state index contributed by atoms with van der Waals surface area (Å²) in [6.45, 7) is 6.12. The third kappa shape index (κ3) is 4.55. The Bertz CT molecular complexity index is 1530. The zero-order chi connectivity index (χ0) is 24.5. The molecule has 0 aliphatic carbocycles. The second-order valence-corrected chi connectivity index (χ2v) is 8.53. The molecule has 35 heavy (non-hydrogen) atoms. The number of aryl methyl sites for hydroxylation is 1. The van der Waals surface area contributed by atoms with Gasteiger partial charge in [-0.3, -0.25) is 4.79 Å². The number of nitrogens with zero attached hydrogens (tertiary/aromatic N) is 4. The maximum atomic E-state index is 13.2. The van der Waals surface area contributed by atoms with Crippen molar-refractivity contribution in [3.8, 4) is 34.2 Å². The van der Waals surface area contributed by atoms with Gasteiger partial charge in [-0.15, -0.1) is 0 Å². The third-order valence-electron chi connectivity index (χ3n) is 5.68. The predicted molar refractivity (Wildman–Crippen MR) is 133 cm³/mol. The van der Waals surface area contributed by atoms with Crippen LogP contribution in [0.4, 0.5) is 0 Å². The molecule has 0 fully saturated rings. The van der Waals surface area contributed by atoms with Crippen LogP contribution in [0.25, 0.3) is 28.2 Å². The van der Waals surface area contributed by atoms with Gasteiger partial charge in [-0.1, -0.05) is 0 Å². The molecule has 5 rings (SSSR count). The fraction of sp³-hybridized carbons (Fsp3) is 0.222. The summed E-state index contributed by atoms with van der Waals surface area (Å²) in [6.07, 6.45) is 3.59. The Kier molecular flexibility index (Phi) is 5.86. The minimum Gasteiger partial charge on any atom is -0.497 e. The number of oxazole rings is 1. The van der Waals surface area contributed by atoms with Crippen LogP contribution in [-0.2, 0) is 6.54 Å². The Labute approximate surface area is 202 Å². The molecule has 8 heteroatoms. The average Bonchev–Trinajstić information content (AvgIpc) is 3.45. The van der Waals surface area contributed by atoms with Crippen LogP contribution in [-0.4, -0.2) is 32.4 Å². The van der Waals surface area contributed by atoms with E-state index in [9.17, 15) is 4.79 Å². The Hall–Kier alpha value is -4.33. The smallest absolute Gasteiger partial charge is 0.276 e. The molecule has 2 aromatic carbocycles. The maximum absolute atomic E-state index is 13.2. The van der Waals surface area contributed by atoms with Crippen LogP contribution < -0.4 is 15.0 Å². The summed E-state index contributed by atoms with van der Waals surface area (Å²) in [5, 5.41) is 4.55. The number of aromatic nitrogens is 4. The first-order chi connectivity index (χ1) is 16.9. The molecular formula is C27H26N4O4. The first-order valence-corrected chi connectivity index (χ1v) is 11.4. The van der Waals surface area contributed by atoms with Gasteiger partial charge in [0.25, 0.3) is 5.56 Å². The van der Waals surface area contributed by atoms with Crippen LogP contribution in [0.5, 0.6) is 11.5 Å². The number of ether oxygens (including phenoxy) is 2. The van der Waals surface area contributed by atoms with E-state index in [-0.39, 0.29) is 11.7 Å². The van der Waals surface area contributed by atoms with E-state index in [1.165, 1.54) is 0 Å². The van der Waals surface area contributed by atoms with E-state index in [1.54, 1.807) is 34.7 Å². The molecule has 5 aromatic rings.